The summed E-state index contributed by atoms with van der Waals surface area (Å²) in [7, 11) is 5.21. The van der Waals surface area contributed by atoms with E-state index in [9.17, 15) is 4.79 Å². The number of rotatable bonds is 5. The number of carbonyl (C=O) groups is 1. The van der Waals surface area contributed by atoms with Crippen LogP contribution in [0, 0.1) is 0 Å². The van der Waals surface area contributed by atoms with Gasteiger partial charge in [-0.05, 0) is 12.7 Å². The van der Waals surface area contributed by atoms with Crippen molar-refractivity contribution in [2.75, 3.05) is 19.1 Å². The normalized spacial score (nSPS) is 9.40. The molecule has 0 saturated carbocycles. The first-order valence-corrected chi connectivity index (χ1v) is 5.90. The molecule has 0 unspecified atom stereocenters. The SMILES string of the molecule is CNC(=O)CCCSSC. The lowest BCUT2D eigenvalue weighted by atomic mass is 10.3. The zero-order valence-corrected chi connectivity index (χ0v) is 7.98. The Hall–Kier alpha value is 0.170. The molecule has 0 atom stereocenters. The molecular weight excluding hydrogens is 166 g/mol. The van der Waals surface area contributed by atoms with E-state index in [1.807, 2.05) is 6.26 Å². The fourth-order valence-electron chi connectivity index (χ4n) is 0.500. The van der Waals surface area contributed by atoms with E-state index in [0.717, 1.165) is 12.2 Å². The van der Waals surface area contributed by atoms with Crippen molar-refractivity contribution in [3.63, 3.8) is 0 Å². The minimum Gasteiger partial charge on any atom is -0.359 e. The van der Waals surface area contributed by atoms with Gasteiger partial charge >= 0.3 is 0 Å². The number of carbonyl (C=O) groups excluding carboxylic acids is 1. The number of nitrogens with one attached hydrogen (secondary N) is 1. The van der Waals surface area contributed by atoms with E-state index >= 15 is 0 Å². The minimum atomic E-state index is 0.140. The fraction of sp³-hybridized carbons (Fsp3) is 0.833. The second-order valence-electron chi connectivity index (χ2n) is 1.77. The Bertz CT molecular complexity index is 97.7. The zero-order chi connectivity index (χ0) is 7.82. The van der Waals surface area contributed by atoms with Crippen molar-refractivity contribution in [1.29, 1.82) is 0 Å². The molecule has 0 aliphatic carbocycles. The Kier molecular flexibility index (Phi) is 7.40. The second-order valence-corrected chi connectivity index (χ2v) is 4.45. The summed E-state index contributed by atoms with van der Waals surface area (Å²) >= 11 is 0. The number of amides is 1. The second kappa shape index (κ2) is 7.28. The molecule has 0 aliphatic rings. The third-order valence-electron chi connectivity index (χ3n) is 1.03. The van der Waals surface area contributed by atoms with E-state index in [2.05, 4.69) is 5.32 Å². The Labute approximate surface area is 69.9 Å². The van der Waals surface area contributed by atoms with E-state index in [0.29, 0.717) is 6.42 Å². The van der Waals surface area contributed by atoms with Crippen LogP contribution < -0.4 is 5.32 Å². The number of hydrogen-bond donors (Lipinski definition) is 1. The third kappa shape index (κ3) is 6.29. The van der Waals surface area contributed by atoms with Crippen LogP contribution in [0.25, 0.3) is 0 Å². The molecule has 0 spiro atoms. The van der Waals surface area contributed by atoms with Crippen LogP contribution in [0.2, 0.25) is 0 Å². The first kappa shape index (κ1) is 10.2. The van der Waals surface area contributed by atoms with Crippen LogP contribution in [0.4, 0.5) is 0 Å². The van der Waals surface area contributed by atoms with Crippen LogP contribution in [0.1, 0.15) is 12.8 Å². The molecule has 1 amide bonds. The van der Waals surface area contributed by atoms with Gasteiger partial charge in [-0.1, -0.05) is 21.6 Å². The van der Waals surface area contributed by atoms with Crippen LogP contribution in [0.3, 0.4) is 0 Å². The lowest BCUT2D eigenvalue weighted by Gasteiger charge is -1.97. The Morgan fingerprint density at radius 3 is 2.80 bits per heavy atom. The van der Waals surface area contributed by atoms with E-state index in [4.69, 9.17) is 0 Å². The molecular formula is C6H13NOS2. The standard InChI is InChI=1S/C6H13NOS2/c1-7-6(8)4-3-5-10-9-2/h3-5H2,1-2H3,(H,7,8). The van der Waals surface area contributed by atoms with Gasteiger partial charge in [0.15, 0.2) is 0 Å². The van der Waals surface area contributed by atoms with Crippen molar-refractivity contribution in [3.8, 4) is 0 Å². The van der Waals surface area contributed by atoms with E-state index in [-0.39, 0.29) is 5.91 Å². The summed E-state index contributed by atoms with van der Waals surface area (Å²) in [4.78, 5) is 10.6. The summed E-state index contributed by atoms with van der Waals surface area (Å²) < 4.78 is 0. The van der Waals surface area contributed by atoms with Gasteiger partial charge in [0.05, 0.1) is 0 Å². The maximum atomic E-state index is 10.6. The highest BCUT2D eigenvalue weighted by molar-refractivity contribution is 8.76. The Morgan fingerprint density at radius 1 is 1.60 bits per heavy atom. The maximum absolute atomic E-state index is 10.6. The molecule has 0 bridgehead atoms. The van der Waals surface area contributed by atoms with Crippen LogP contribution in [-0.2, 0) is 4.79 Å². The highest BCUT2D eigenvalue weighted by Gasteiger charge is 1.95. The molecule has 0 aromatic heterocycles. The van der Waals surface area contributed by atoms with Gasteiger partial charge in [-0.2, -0.15) is 0 Å². The summed E-state index contributed by atoms with van der Waals surface area (Å²) in [5.41, 5.74) is 0. The average molecular weight is 179 g/mol. The molecule has 0 fully saturated rings. The molecule has 10 heavy (non-hydrogen) atoms. The lowest BCUT2D eigenvalue weighted by molar-refractivity contribution is -0.120. The summed E-state index contributed by atoms with van der Waals surface area (Å²) in [6.45, 7) is 0. The first-order chi connectivity index (χ1) is 4.81. The van der Waals surface area contributed by atoms with Crippen molar-refractivity contribution in [3.05, 3.63) is 0 Å². The fourth-order valence-corrected chi connectivity index (χ4v) is 1.78. The van der Waals surface area contributed by atoms with E-state index in [1.165, 1.54) is 0 Å². The quantitative estimate of drug-likeness (QED) is 0.512. The maximum Gasteiger partial charge on any atom is 0.219 e. The van der Waals surface area contributed by atoms with Crippen molar-refractivity contribution < 1.29 is 4.79 Å². The van der Waals surface area contributed by atoms with Gasteiger partial charge in [-0.15, -0.1) is 0 Å². The smallest absolute Gasteiger partial charge is 0.219 e. The zero-order valence-electron chi connectivity index (χ0n) is 6.35. The Morgan fingerprint density at radius 2 is 2.30 bits per heavy atom. The van der Waals surface area contributed by atoms with Gasteiger partial charge < -0.3 is 5.32 Å². The van der Waals surface area contributed by atoms with Crippen molar-refractivity contribution in [2.24, 2.45) is 0 Å². The van der Waals surface area contributed by atoms with E-state index in [1.54, 1.807) is 28.6 Å². The summed E-state index contributed by atoms with van der Waals surface area (Å²) in [5.74, 6) is 1.20. The van der Waals surface area contributed by atoms with Crippen LogP contribution in [-0.4, -0.2) is 25.0 Å². The van der Waals surface area contributed by atoms with Gasteiger partial charge in [0, 0.05) is 19.2 Å². The van der Waals surface area contributed by atoms with Gasteiger partial charge in [0.25, 0.3) is 0 Å². The largest absolute Gasteiger partial charge is 0.359 e. The van der Waals surface area contributed by atoms with Crippen LogP contribution >= 0.6 is 21.6 Å². The van der Waals surface area contributed by atoms with Crippen molar-refractivity contribution in [2.45, 2.75) is 12.8 Å². The molecule has 2 nitrogen and oxygen atoms in total. The van der Waals surface area contributed by atoms with Gasteiger partial charge in [-0.3, -0.25) is 4.79 Å². The Balaban J connectivity index is 2.96. The predicted molar refractivity (Wildman–Crippen MR) is 49.3 cm³/mol. The molecule has 60 valence electrons. The van der Waals surface area contributed by atoms with Crippen molar-refractivity contribution >= 4 is 27.5 Å². The van der Waals surface area contributed by atoms with Gasteiger partial charge in [0.2, 0.25) is 5.91 Å². The molecule has 0 aromatic rings. The molecule has 0 rings (SSSR count). The molecule has 0 saturated heterocycles. The first-order valence-electron chi connectivity index (χ1n) is 3.17. The molecule has 4 heteroatoms. The molecule has 0 heterocycles. The van der Waals surface area contributed by atoms with Crippen LogP contribution in [0.15, 0.2) is 0 Å². The number of hydrogen-bond acceptors (Lipinski definition) is 3. The highest BCUT2D eigenvalue weighted by atomic mass is 33.1. The lowest BCUT2D eigenvalue weighted by Crippen LogP contribution is -2.17. The molecule has 1 N–H and O–H groups in total. The molecule has 0 aromatic carbocycles. The highest BCUT2D eigenvalue weighted by Crippen LogP contribution is 2.17. The molecule has 0 radical (unpaired) electrons. The predicted octanol–water partition coefficient (Wildman–Crippen LogP) is 1.52. The monoisotopic (exact) mass is 179 g/mol. The third-order valence-corrected chi connectivity index (χ3v) is 2.93. The topological polar surface area (TPSA) is 29.1 Å². The molecule has 0 aliphatic heterocycles. The summed E-state index contributed by atoms with van der Waals surface area (Å²) in [6, 6.07) is 0. The van der Waals surface area contributed by atoms with Gasteiger partial charge in [0.1, 0.15) is 0 Å². The average Bonchev–Trinajstić information content (AvgIpc) is 1.98. The van der Waals surface area contributed by atoms with Crippen LogP contribution in [0.5, 0.6) is 0 Å². The van der Waals surface area contributed by atoms with E-state index < -0.39 is 0 Å². The summed E-state index contributed by atoms with van der Waals surface area (Å²) in [6.07, 6.45) is 3.68. The summed E-state index contributed by atoms with van der Waals surface area (Å²) in [5, 5.41) is 2.59. The van der Waals surface area contributed by atoms with Crippen molar-refractivity contribution in [1.82, 2.24) is 5.32 Å². The minimum absolute atomic E-state index is 0.140. The van der Waals surface area contributed by atoms with Gasteiger partial charge in [-0.25, -0.2) is 0 Å².